The smallest absolute Gasteiger partial charge is 0.408 e. The zero-order valence-corrected chi connectivity index (χ0v) is 13.9. The second kappa shape index (κ2) is 6.76. The van der Waals surface area contributed by atoms with Crippen LogP contribution in [0.15, 0.2) is 18.3 Å². The number of nitrogens with zero attached hydrogens (tertiary/aromatic N) is 3. The molecule has 1 unspecified atom stereocenters. The van der Waals surface area contributed by atoms with Crippen LogP contribution in [0.5, 0.6) is 0 Å². The maximum atomic E-state index is 11.7. The van der Waals surface area contributed by atoms with Crippen LogP contribution in [0.4, 0.5) is 10.6 Å². The first-order valence-corrected chi connectivity index (χ1v) is 8.41. The van der Waals surface area contributed by atoms with Crippen molar-refractivity contribution in [2.75, 3.05) is 31.1 Å². The van der Waals surface area contributed by atoms with E-state index in [-0.39, 0.29) is 6.42 Å². The van der Waals surface area contributed by atoms with Gasteiger partial charge in [-0.2, -0.15) is 0 Å². The summed E-state index contributed by atoms with van der Waals surface area (Å²) in [6.45, 7) is 4.05. The summed E-state index contributed by atoms with van der Waals surface area (Å²) in [5.74, 6) is 1.41. The number of aldehydes is 1. The van der Waals surface area contributed by atoms with Crippen molar-refractivity contribution in [3.8, 4) is 0 Å². The average Bonchev–Trinajstić information content (AvgIpc) is 3.38. The van der Waals surface area contributed by atoms with E-state index in [1.54, 1.807) is 6.20 Å². The monoisotopic (exact) mass is 332 g/mol. The molecular formula is C17H24N4O3. The molecule has 1 saturated carbocycles. The van der Waals surface area contributed by atoms with E-state index < -0.39 is 11.8 Å². The summed E-state index contributed by atoms with van der Waals surface area (Å²) < 4.78 is 0. The first kappa shape index (κ1) is 16.7. The lowest BCUT2D eigenvalue weighted by molar-refractivity contribution is -0.111. The molecule has 7 nitrogen and oxygen atoms in total. The van der Waals surface area contributed by atoms with Crippen LogP contribution in [-0.2, 0) is 4.79 Å². The number of aryl methyl sites for hydroxylation is 1. The summed E-state index contributed by atoms with van der Waals surface area (Å²) >= 11 is 0. The molecule has 1 amide bonds. The minimum absolute atomic E-state index is 0.133. The quantitative estimate of drug-likeness (QED) is 0.768. The third kappa shape index (κ3) is 3.51. The van der Waals surface area contributed by atoms with Crippen LogP contribution in [-0.4, -0.2) is 59.2 Å². The molecular weight excluding hydrogens is 308 g/mol. The highest BCUT2D eigenvalue weighted by Gasteiger charge is 2.45. The molecule has 130 valence electrons. The van der Waals surface area contributed by atoms with Gasteiger partial charge in [-0.05, 0) is 37.3 Å². The first-order valence-electron chi connectivity index (χ1n) is 8.41. The van der Waals surface area contributed by atoms with E-state index in [2.05, 4.69) is 15.2 Å². The molecule has 0 radical (unpaired) electrons. The van der Waals surface area contributed by atoms with E-state index in [9.17, 15) is 14.7 Å². The van der Waals surface area contributed by atoms with Crippen molar-refractivity contribution >= 4 is 18.2 Å². The highest BCUT2D eigenvalue weighted by molar-refractivity contribution is 5.68. The molecule has 24 heavy (non-hydrogen) atoms. The molecule has 1 aromatic heterocycles. The number of hydrogen-bond acceptors (Lipinski definition) is 5. The second-order valence-electron chi connectivity index (χ2n) is 6.78. The summed E-state index contributed by atoms with van der Waals surface area (Å²) in [6.07, 6.45) is 4.09. The maximum Gasteiger partial charge on any atom is 0.408 e. The van der Waals surface area contributed by atoms with Crippen LogP contribution in [0.1, 0.15) is 24.8 Å². The van der Waals surface area contributed by atoms with Gasteiger partial charge in [0.2, 0.25) is 0 Å². The van der Waals surface area contributed by atoms with Crippen LogP contribution in [0.2, 0.25) is 0 Å². The molecule has 7 heteroatoms. The minimum Gasteiger partial charge on any atom is -0.465 e. The number of amides is 1. The predicted molar refractivity (Wildman–Crippen MR) is 90.1 cm³/mol. The Balaban J connectivity index is 1.84. The number of carbonyl (C=O) groups is 2. The fraction of sp³-hybridized carbons (Fsp3) is 0.588. The number of piperazine rings is 1. The number of pyridine rings is 1. The lowest BCUT2D eigenvalue weighted by atomic mass is 10.00. The van der Waals surface area contributed by atoms with Crippen molar-refractivity contribution in [3.05, 3.63) is 23.9 Å². The Bertz CT molecular complexity index is 602. The Labute approximate surface area is 141 Å². The molecule has 1 aliphatic carbocycles. The Morgan fingerprint density at radius 2 is 2.25 bits per heavy atom. The van der Waals surface area contributed by atoms with Gasteiger partial charge in [0.15, 0.2) is 0 Å². The Kier molecular flexibility index (Phi) is 4.71. The molecule has 1 aromatic rings. The molecule has 0 spiro atoms. The highest BCUT2D eigenvalue weighted by atomic mass is 16.4. The first-order chi connectivity index (χ1) is 11.5. The van der Waals surface area contributed by atoms with Crippen LogP contribution in [0.25, 0.3) is 0 Å². The van der Waals surface area contributed by atoms with Crippen molar-refractivity contribution in [1.82, 2.24) is 15.2 Å². The van der Waals surface area contributed by atoms with Crippen molar-refractivity contribution in [2.24, 2.45) is 5.92 Å². The fourth-order valence-corrected chi connectivity index (χ4v) is 3.23. The number of hydrogen-bond donors (Lipinski definition) is 2. The van der Waals surface area contributed by atoms with E-state index in [0.717, 1.165) is 24.2 Å². The van der Waals surface area contributed by atoms with Gasteiger partial charge in [-0.15, -0.1) is 0 Å². The van der Waals surface area contributed by atoms with Crippen LogP contribution >= 0.6 is 0 Å². The number of anilines is 1. The molecule has 2 heterocycles. The fourth-order valence-electron chi connectivity index (χ4n) is 3.23. The third-order valence-corrected chi connectivity index (χ3v) is 4.85. The lowest BCUT2D eigenvalue weighted by Crippen LogP contribution is -2.71. The zero-order valence-electron chi connectivity index (χ0n) is 13.9. The highest BCUT2D eigenvalue weighted by Crippen LogP contribution is 2.31. The van der Waals surface area contributed by atoms with Crippen molar-refractivity contribution < 1.29 is 14.7 Å². The number of nitrogens with one attached hydrogen (secondary N) is 1. The number of carboxylic acid groups (broad SMARTS) is 1. The molecule has 2 aliphatic rings. The van der Waals surface area contributed by atoms with Gasteiger partial charge in [0.1, 0.15) is 17.8 Å². The van der Waals surface area contributed by atoms with E-state index in [1.807, 2.05) is 19.1 Å². The molecule has 2 fully saturated rings. The maximum absolute atomic E-state index is 11.7. The minimum atomic E-state index is -0.989. The molecule has 0 bridgehead atoms. The van der Waals surface area contributed by atoms with Crippen LogP contribution in [0.3, 0.4) is 0 Å². The van der Waals surface area contributed by atoms with Crippen molar-refractivity contribution in [3.63, 3.8) is 0 Å². The normalized spacial score (nSPS) is 24.0. The van der Waals surface area contributed by atoms with E-state index in [1.165, 1.54) is 17.7 Å². The van der Waals surface area contributed by atoms with Crippen LogP contribution in [0, 0.1) is 12.8 Å². The van der Waals surface area contributed by atoms with Gasteiger partial charge in [0.25, 0.3) is 0 Å². The van der Waals surface area contributed by atoms with Gasteiger partial charge in [0.05, 0.1) is 6.54 Å². The van der Waals surface area contributed by atoms with Gasteiger partial charge >= 0.3 is 6.09 Å². The average molecular weight is 332 g/mol. The predicted octanol–water partition coefficient (Wildman–Crippen LogP) is 1.47. The largest absolute Gasteiger partial charge is 0.465 e. The molecule has 1 aliphatic heterocycles. The second-order valence-corrected chi connectivity index (χ2v) is 6.78. The summed E-state index contributed by atoms with van der Waals surface area (Å²) in [4.78, 5) is 30.9. The van der Waals surface area contributed by atoms with Gasteiger partial charge in [0, 0.05) is 32.3 Å². The number of rotatable bonds is 6. The van der Waals surface area contributed by atoms with Gasteiger partial charge in [-0.25, -0.2) is 9.78 Å². The number of carbonyl (C=O) groups excluding carboxylic acids is 1. The Hall–Kier alpha value is -2.15. The van der Waals surface area contributed by atoms with Gasteiger partial charge in [-0.1, -0.05) is 6.07 Å². The Morgan fingerprint density at radius 3 is 2.83 bits per heavy atom. The van der Waals surface area contributed by atoms with Crippen LogP contribution < -0.4 is 10.2 Å². The van der Waals surface area contributed by atoms with Crippen molar-refractivity contribution in [1.29, 1.82) is 0 Å². The molecule has 1 saturated heterocycles. The Morgan fingerprint density at radius 1 is 1.46 bits per heavy atom. The SMILES string of the molecule is Cc1ccc(N2CCN(C(=O)O)C(CC=O)(NCC3CC3)C2)nc1. The van der Waals surface area contributed by atoms with Gasteiger partial charge < -0.3 is 14.8 Å². The van der Waals surface area contributed by atoms with E-state index >= 15 is 0 Å². The standard InChI is InChI=1S/C17H24N4O3/c1-13-2-5-15(18-10-13)20-7-8-21(16(23)24)17(12-20,6-9-22)19-11-14-3-4-14/h2,5,9-10,14,19H,3-4,6-8,11-12H2,1H3,(H,23,24). The van der Waals surface area contributed by atoms with E-state index in [0.29, 0.717) is 25.6 Å². The zero-order chi connectivity index (χ0) is 17.2. The molecule has 0 aromatic carbocycles. The molecule has 1 atom stereocenters. The number of aromatic nitrogens is 1. The summed E-state index contributed by atoms with van der Waals surface area (Å²) in [5.41, 5.74) is 0.190. The van der Waals surface area contributed by atoms with Gasteiger partial charge in [-0.3, -0.25) is 10.2 Å². The summed E-state index contributed by atoms with van der Waals surface area (Å²) in [5, 5.41) is 13.0. The topological polar surface area (TPSA) is 85.8 Å². The summed E-state index contributed by atoms with van der Waals surface area (Å²) in [7, 11) is 0. The lowest BCUT2D eigenvalue weighted by Gasteiger charge is -2.49. The van der Waals surface area contributed by atoms with Crippen molar-refractivity contribution in [2.45, 2.75) is 31.8 Å². The van der Waals surface area contributed by atoms with E-state index in [4.69, 9.17) is 0 Å². The third-order valence-electron chi connectivity index (χ3n) is 4.85. The molecule has 3 rings (SSSR count). The summed E-state index contributed by atoms with van der Waals surface area (Å²) in [6, 6.07) is 3.93. The molecule has 2 N–H and O–H groups in total.